The molecule has 0 unspecified atom stereocenters. The lowest BCUT2D eigenvalue weighted by Crippen LogP contribution is -2.45. The van der Waals surface area contributed by atoms with Crippen LogP contribution in [0.5, 0.6) is 0 Å². The van der Waals surface area contributed by atoms with Crippen molar-refractivity contribution in [1.29, 1.82) is 0 Å². The Balaban J connectivity index is 2.84. The largest absolute Gasteiger partial charge is 0.409 e. The number of hydrogen-bond acceptors (Lipinski definition) is 4. The van der Waals surface area contributed by atoms with E-state index in [1.807, 2.05) is 0 Å². The first-order valence-electron chi connectivity index (χ1n) is 6.49. The smallest absolute Gasteiger partial charge is 0.383 e. The number of halogens is 3. The maximum absolute atomic E-state index is 13.0. The fraction of sp³-hybridized carbons (Fsp3) is 0.538. The average molecular weight is 336 g/mol. The molecule has 2 rings (SSSR count). The van der Waals surface area contributed by atoms with Crippen LogP contribution in [0.15, 0.2) is 15.0 Å². The molecule has 0 aliphatic rings. The Morgan fingerprint density at radius 2 is 2.00 bits per heavy atom. The van der Waals surface area contributed by atoms with Crippen molar-refractivity contribution >= 4 is 21.6 Å². The molecule has 0 aliphatic heterocycles. The Morgan fingerprint density at radius 3 is 2.55 bits per heavy atom. The fourth-order valence-corrected chi connectivity index (χ4v) is 3.25. The van der Waals surface area contributed by atoms with E-state index in [1.54, 1.807) is 12.3 Å². The number of ether oxygens (including phenoxy) is 1. The van der Waals surface area contributed by atoms with E-state index in [4.69, 9.17) is 4.74 Å². The second kappa shape index (κ2) is 5.88. The lowest BCUT2D eigenvalue weighted by atomic mass is 10.2. The van der Waals surface area contributed by atoms with E-state index in [2.05, 4.69) is 0 Å². The molecule has 2 aromatic heterocycles. The van der Waals surface area contributed by atoms with Crippen LogP contribution in [-0.4, -0.2) is 29.0 Å². The number of nitrogens with zero attached hydrogens (tertiary/aromatic N) is 2. The Hall–Kier alpha value is -1.61. The Bertz CT molecular complexity index is 804. The van der Waals surface area contributed by atoms with Crippen LogP contribution >= 0.6 is 11.3 Å². The van der Waals surface area contributed by atoms with E-state index in [0.717, 1.165) is 18.3 Å². The van der Waals surface area contributed by atoms with E-state index in [1.165, 1.54) is 11.7 Å². The summed E-state index contributed by atoms with van der Waals surface area (Å²) in [7, 11) is 1.43. The Labute approximate surface area is 127 Å². The van der Waals surface area contributed by atoms with Gasteiger partial charge in [0.2, 0.25) is 0 Å². The third-order valence-electron chi connectivity index (χ3n) is 3.45. The van der Waals surface area contributed by atoms with Crippen molar-refractivity contribution in [3.8, 4) is 0 Å². The molecule has 0 amide bonds. The molecule has 2 aromatic rings. The van der Waals surface area contributed by atoms with Gasteiger partial charge in [-0.25, -0.2) is 9.36 Å². The van der Waals surface area contributed by atoms with Crippen LogP contribution in [0.3, 0.4) is 0 Å². The molecule has 0 radical (unpaired) electrons. The minimum Gasteiger partial charge on any atom is -0.383 e. The minimum atomic E-state index is -4.68. The zero-order chi connectivity index (χ0) is 16.7. The Kier molecular flexibility index (Phi) is 4.48. The van der Waals surface area contributed by atoms with E-state index < -0.39 is 23.5 Å². The summed E-state index contributed by atoms with van der Waals surface area (Å²) in [6, 6.07) is -2.19. The van der Waals surface area contributed by atoms with Crippen LogP contribution in [0.4, 0.5) is 13.2 Å². The first-order chi connectivity index (χ1) is 10.2. The van der Waals surface area contributed by atoms with Crippen LogP contribution in [-0.2, 0) is 11.3 Å². The highest BCUT2D eigenvalue weighted by Gasteiger charge is 2.40. The van der Waals surface area contributed by atoms with Gasteiger partial charge in [0.05, 0.1) is 18.5 Å². The molecule has 122 valence electrons. The SMILES string of the molecule is COCCn1c(=O)n([C@H](C)C(F)(F)F)c(=O)c2c(C)csc21. The molecule has 0 aliphatic carbocycles. The lowest BCUT2D eigenvalue weighted by Gasteiger charge is -2.19. The molecule has 2 heterocycles. The van der Waals surface area contributed by atoms with Gasteiger partial charge in [0, 0.05) is 7.11 Å². The highest BCUT2D eigenvalue weighted by molar-refractivity contribution is 7.17. The second-order valence-corrected chi connectivity index (χ2v) is 5.78. The van der Waals surface area contributed by atoms with Crippen LogP contribution in [0.1, 0.15) is 18.5 Å². The molecule has 1 atom stereocenters. The number of methoxy groups -OCH3 is 1. The lowest BCUT2D eigenvalue weighted by molar-refractivity contribution is -0.164. The molecule has 5 nitrogen and oxygen atoms in total. The molecular formula is C13H15F3N2O3S. The summed E-state index contributed by atoms with van der Waals surface area (Å²) in [5.74, 6) is 0. The maximum Gasteiger partial charge on any atom is 0.409 e. The number of fused-ring (bicyclic) bond motifs is 1. The molecule has 0 aromatic carbocycles. The molecule has 0 saturated carbocycles. The zero-order valence-electron chi connectivity index (χ0n) is 12.2. The van der Waals surface area contributed by atoms with E-state index in [9.17, 15) is 22.8 Å². The van der Waals surface area contributed by atoms with Gasteiger partial charge in [0.15, 0.2) is 0 Å². The van der Waals surface area contributed by atoms with Gasteiger partial charge in [-0.1, -0.05) is 0 Å². The van der Waals surface area contributed by atoms with Gasteiger partial charge in [-0.15, -0.1) is 11.3 Å². The predicted molar refractivity (Wildman–Crippen MR) is 77.7 cm³/mol. The molecule has 0 N–H and O–H groups in total. The standard InChI is InChI=1S/C13H15F3N2O3S/c1-7-6-22-11-9(7)10(19)18(8(2)13(14,15)16)12(20)17(11)4-5-21-3/h6,8H,4-5H2,1-3H3/t8-/m1/s1. The van der Waals surface area contributed by atoms with Gasteiger partial charge >= 0.3 is 11.9 Å². The summed E-state index contributed by atoms with van der Waals surface area (Å²) in [6.45, 7) is 2.67. The molecule has 0 saturated heterocycles. The van der Waals surface area contributed by atoms with E-state index in [-0.39, 0.29) is 23.1 Å². The molecule has 0 fully saturated rings. The van der Waals surface area contributed by atoms with Crippen molar-refractivity contribution in [2.45, 2.75) is 32.6 Å². The average Bonchev–Trinajstić information content (AvgIpc) is 2.80. The van der Waals surface area contributed by atoms with Gasteiger partial charge in [-0.3, -0.25) is 9.36 Å². The molecule has 9 heteroatoms. The minimum absolute atomic E-state index is 0.0800. The summed E-state index contributed by atoms with van der Waals surface area (Å²) < 4.78 is 45.3. The van der Waals surface area contributed by atoms with E-state index >= 15 is 0 Å². The van der Waals surface area contributed by atoms with Gasteiger partial charge in [0.1, 0.15) is 10.9 Å². The summed E-state index contributed by atoms with van der Waals surface area (Å²) in [5.41, 5.74) is -1.32. The first kappa shape index (κ1) is 16.8. The number of aryl methyl sites for hydroxylation is 1. The van der Waals surface area contributed by atoms with Gasteiger partial charge in [-0.05, 0) is 24.8 Å². The molecule has 0 spiro atoms. The van der Waals surface area contributed by atoms with Crippen molar-refractivity contribution in [2.24, 2.45) is 0 Å². The Morgan fingerprint density at radius 1 is 1.36 bits per heavy atom. The third kappa shape index (κ3) is 2.70. The molecule has 22 heavy (non-hydrogen) atoms. The number of rotatable bonds is 4. The van der Waals surface area contributed by atoms with Crippen LogP contribution in [0.25, 0.3) is 10.2 Å². The zero-order valence-corrected chi connectivity index (χ0v) is 13.0. The van der Waals surface area contributed by atoms with Gasteiger partial charge in [-0.2, -0.15) is 13.2 Å². The summed E-state index contributed by atoms with van der Waals surface area (Å²) in [6.07, 6.45) is -4.68. The summed E-state index contributed by atoms with van der Waals surface area (Å²) >= 11 is 1.16. The monoisotopic (exact) mass is 336 g/mol. The fourth-order valence-electron chi connectivity index (χ4n) is 2.18. The highest BCUT2D eigenvalue weighted by atomic mass is 32.1. The second-order valence-electron chi connectivity index (χ2n) is 4.92. The number of hydrogen-bond donors (Lipinski definition) is 0. The van der Waals surface area contributed by atoms with Crippen LogP contribution < -0.4 is 11.2 Å². The van der Waals surface area contributed by atoms with Crippen molar-refractivity contribution < 1.29 is 17.9 Å². The number of alkyl halides is 3. The topological polar surface area (TPSA) is 53.2 Å². The van der Waals surface area contributed by atoms with Crippen LogP contribution in [0, 0.1) is 6.92 Å². The summed E-state index contributed by atoms with van der Waals surface area (Å²) in [5, 5.41) is 1.80. The number of thiophene rings is 1. The van der Waals surface area contributed by atoms with Gasteiger partial charge in [0.25, 0.3) is 5.56 Å². The maximum atomic E-state index is 13.0. The third-order valence-corrected chi connectivity index (χ3v) is 4.57. The normalized spacial score (nSPS) is 13.7. The summed E-state index contributed by atoms with van der Waals surface area (Å²) in [4.78, 5) is 25.1. The van der Waals surface area contributed by atoms with Crippen molar-refractivity contribution in [3.63, 3.8) is 0 Å². The van der Waals surface area contributed by atoms with Crippen LogP contribution in [0.2, 0.25) is 0 Å². The van der Waals surface area contributed by atoms with Crippen molar-refractivity contribution in [3.05, 3.63) is 31.8 Å². The predicted octanol–water partition coefficient (Wildman–Crippen LogP) is 2.30. The number of aromatic nitrogens is 2. The highest BCUT2D eigenvalue weighted by Crippen LogP contribution is 2.29. The first-order valence-corrected chi connectivity index (χ1v) is 7.37. The van der Waals surface area contributed by atoms with Gasteiger partial charge < -0.3 is 4.74 Å². The molecule has 0 bridgehead atoms. The van der Waals surface area contributed by atoms with Crippen molar-refractivity contribution in [1.82, 2.24) is 9.13 Å². The van der Waals surface area contributed by atoms with E-state index in [0.29, 0.717) is 10.4 Å². The molecular weight excluding hydrogens is 321 g/mol. The van der Waals surface area contributed by atoms with Crippen molar-refractivity contribution in [2.75, 3.05) is 13.7 Å². The quantitative estimate of drug-likeness (QED) is 0.861.